The number of carbonyl (C=O) groups is 1. The lowest BCUT2D eigenvalue weighted by molar-refractivity contribution is 0.0980. The predicted molar refractivity (Wildman–Crippen MR) is 89.4 cm³/mol. The van der Waals surface area contributed by atoms with Crippen molar-refractivity contribution in [2.75, 3.05) is 20.0 Å². The third kappa shape index (κ3) is 5.48. The van der Waals surface area contributed by atoms with E-state index >= 15 is 0 Å². The highest BCUT2D eigenvalue weighted by atomic mass is 16.5. The van der Waals surface area contributed by atoms with Crippen LogP contribution in [0.4, 0.5) is 5.69 Å². The number of allylic oxidation sites excluding steroid dienone is 3. The Kier molecular flexibility index (Phi) is 7.54. The Hall–Kier alpha value is -2.49. The van der Waals surface area contributed by atoms with Crippen LogP contribution in [-0.2, 0) is 9.47 Å². The molecule has 2 N–H and O–H groups in total. The van der Waals surface area contributed by atoms with Crippen LogP contribution in [0.3, 0.4) is 0 Å². The number of rotatable bonds is 9. The van der Waals surface area contributed by atoms with E-state index in [0.717, 1.165) is 12.8 Å². The highest BCUT2D eigenvalue weighted by Gasteiger charge is 2.05. The number of ketones is 1. The van der Waals surface area contributed by atoms with Crippen LogP contribution in [0.2, 0.25) is 0 Å². The van der Waals surface area contributed by atoms with Crippen molar-refractivity contribution in [1.29, 1.82) is 0 Å². The third-order valence-corrected chi connectivity index (χ3v) is 3.12. The zero-order chi connectivity index (χ0) is 16.4. The normalized spacial score (nSPS) is 11.9. The number of nitrogens with two attached hydrogens (primary N) is 1. The van der Waals surface area contributed by atoms with Gasteiger partial charge in [-0.25, -0.2) is 0 Å². The Balaban J connectivity index is 2.48. The number of hydrogen-bond donors (Lipinski definition) is 1. The van der Waals surface area contributed by atoms with Crippen molar-refractivity contribution in [3.63, 3.8) is 0 Å². The quantitative estimate of drug-likeness (QED) is 0.247. The van der Waals surface area contributed by atoms with Gasteiger partial charge in [-0.1, -0.05) is 24.8 Å². The molecular weight excluding hydrogens is 278 g/mol. The fraction of sp³-hybridized carbons (Fsp3) is 0.278. The first-order chi connectivity index (χ1) is 10.6. The van der Waals surface area contributed by atoms with Crippen LogP contribution in [0.5, 0.6) is 0 Å². The lowest BCUT2D eigenvalue weighted by atomic mass is 10.0. The number of ether oxygens (including phenoxy) is 2. The maximum atomic E-state index is 12.0. The smallest absolute Gasteiger partial charge is 0.162 e. The van der Waals surface area contributed by atoms with Gasteiger partial charge in [0.2, 0.25) is 0 Å². The Morgan fingerprint density at radius 3 is 2.59 bits per heavy atom. The van der Waals surface area contributed by atoms with Crippen molar-refractivity contribution in [3.8, 4) is 0 Å². The molecule has 0 heterocycles. The van der Waals surface area contributed by atoms with Crippen molar-refractivity contribution >= 4 is 11.5 Å². The number of nitrogen functional groups attached to an aromatic ring is 1. The topological polar surface area (TPSA) is 61.5 Å². The van der Waals surface area contributed by atoms with Gasteiger partial charge in [-0.3, -0.25) is 4.79 Å². The minimum Gasteiger partial charge on any atom is -0.493 e. The molecule has 1 aromatic rings. The molecule has 4 nitrogen and oxygen atoms in total. The highest BCUT2D eigenvalue weighted by Crippen LogP contribution is 2.13. The van der Waals surface area contributed by atoms with Gasteiger partial charge in [0.15, 0.2) is 17.3 Å². The molecule has 22 heavy (non-hydrogen) atoms. The summed E-state index contributed by atoms with van der Waals surface area (Å²) in [4.78, 5) is 12.0. The molecule has 0 aliphatic rings. The molecule has 0 aromatic heterocycles. The number of Topliss-reactive ketones (excluding diaryl/α,β-unsaturated/α-hetero) is 1. The number of hydrogen-bond acceptors (Lipinski definition) is 4. The second kappa shape index (κ2) is 9.45. The zero-order valence-corrected chi connectivity index (χ0v) is 13.2. The van der Waals surface area contributed by atoms with Crippen molar-refractivity contribution in [2.45, 2.75) is 19.3 Å². The average Bonchev–Trinajstić information content (AvgIpc) is 2.53. The molecular formula is C18H23NO3. The molecule has 4 heteroatoms. The maximum Gasteiger partial charge on any atom is 0.162 e. The first-order valence-corrected chi connectivity index (χ1v) is 7.12. The van der Waals surface area contributed by atoms with E-state index in [-0.39, 0.29) is 5.78 Å². The summed E-state index contributed by atoms with van der Waals surface area (Å²) in [6.45, 7) is 3.66. The third-order valence-electron chi connectivity index (χ3n) is 3.12. The molecule has 0 aliphatic heterocycles. The first-order valence-electron chi connectivity index (χ1n) is 7.12. The zero-order valence-electron chi connectivity index (χ0n) is 13.2. The van der Waals surface area contributed by atoms with Gasteiger partial charge >= 0.3 is 0 Å². The maximum absolute atomic E-state index is 12.0. The van der Waals surface area contributed by atoms with E-state index in [4.69, 9.17) is 15.2 Å². The van der Waals surface area contributed by atoms with E-state index in [1.54, 1.807) is 44.6 Å². The van der Waals surface area contributed by atoms with Crippen molar-refractivity contribution in [2.24, 2.45) is 0 Å². The molecule has 0 saturated carbocycles. The fourth-order valence-electron chi connectivity index (χ4n) is 1.96. The standard InChI is InChI=1S/C18H23NO3/c1-4-17(21-2)18(22-3)12-7-5-6-11-16(20)14-9-8-10-15(19)13-14/h4,7-10,12-13H,1,5-6,11,19H2,2-3H3/b12-7-,18-17-. The van der Waals surface area contributed by atoms with Crippen LogP contribution in [0, 0.1) is 0 Å². The number of anilines is 1. The summed E-state index contributed by atoms with van der Waals surface area (Å²) in [6, 6.07) is 7.05. The summed E-state index contributed by atoms with van der Waals surface area (Å²) >= 11 is 0. The van der Waals surface area contributed by atoms with Crippen molar-refractivity contribution in [1.82, 2.24) is 0 Å². The fourth-order valence-corrected chi connectivity index (χ4v) is 1.96. The molecule has 0 amide bonds. The van der Waals surface area contributed by atoms with Gasteiger partial charge in [0, 0.05) is 17.7 Å². The van der Waals surface area contributed by atoms with Crippen LogP contribution in [0.25, 0.3) is 0 Å². The van der Waals surface area contributed by atoms with E-state index in [9.17, 15) is 4.79 Å². The predicted octanol–water partition coefficient (Wildman–Crippen LogP) is 3.87. The first kappa shape index (κ1) is 17.6. The van der Waals surface area contributed by atoms with E-state index in [1.165, 1.54) is 0 Å². The lowest BCUT2D eigenvalue weighted by Gasteiger charge is -2.06. The Labute approximate surface area is 131 Å². The highest BCUT2D eigenvalue weighted by molar-refractivity contribution is 5.96. The monoisotopic (exact) mass is 301 g/mol. The SMILES string of the molecule is C=C/C(OC)=C(\C=C/CCCC(=O)c1cccc(N)c1)OC. The van der Waals surface area contributed by atoms with Crippen LogP contribution in [0.15, 0.2) is 60.6 Å². The lowest BCUT2D eigenvalue weighted by Crippen LogP contribution is -1.99. The minimum absolute atomic E-state index is 0.104. The van der Waals surface area contributed by atoms with E-state index in [2.05, 4.69) is 6.58 Å². The van der Waals surface area contributed by atoms with Gasteiger partial charge in [-0.15, -0.1) is 0 Å². The van der Waals surface area contributed by atoms with Crippen LogP contribution in [0.1, 0.15) is 29.6 Å². The van der Waals surface area contributed by atoms with Gasteiger partial charge in [-0.2, -0.15) is 0 Å². The van der Waals surface area contributed by atoms with Crippen molar-refractivity contribution in [3.05, 3.63) is 66.2 Å². The van der Waals surface area contributed by atoms with Gasteiger partial charge in [0.25, 0.3) is 0 Å². The molecule has 0 fully saturated rings. The molecule has 0 bridgehead atoms. The minimum atomic E-state index is 0.104. The summed E-state index contributed by atoms with van der Waals surface area (Å²) in [6.07, 6.45) is 7.39. The number of methoxy groups -OCH3 is 2. The van der Waals surface area contributed by atoms with E-state index in [0.29, 0.717) is 29.2 Å². The van der Waals surface area contributed by atoms with Gasteiger partial charge in [0.1, 0.15) is 0 Å². The number of carbonyl (C=O) groups excluding carboxylic acids is 1. The molecule has 0 radical (unpaired) electrons. The summed E-state index contributed by atoms with van der Waals surface area (Å²) in [5, 5.41) is 0. The van der Waals surface area contributed by atoms with E-state index in [1.807, 2.05) is 12.2 Å². The summed E-state index contributed by atoms with van der Waals surface area (Å²) in [5.41, 5.74) is 6.94. The molecule has 1 rings (SSSR count). The Morgan fingerprint density at radius 2 is 2.00 bits per heavy atom. The Bertz CT molecular complexity index is 573. The van der Waals surface area contributed by atoms with Crippen LogP contribution >= 0.6 is 0 Å². The van der Waals surface area contributed by atoms with Crippen molar-refractivity contribution < 1.29 is 14.3 Å². The Morgan fingerprint density at radius 1 is 1.27 bits per heavy atom. The second-order valence-corrected chi connectivity index (χ2v) is 4.68. The van der Waals surface area contributed by atoms with Gasteiger partial charge in [0.05, 0.1) is 14.2 Å². The summed E-state index contributed by atoms with van der Waals surface area (Å²) in [5.74, 6) is 1.29. The average molecular weight is 301 g/mol. The number of benzene rings is 1. The molecule has 0 atom stereocenters. The number of unbranched alkanes of at least 4 members (excludes halogenated alkanes) is 1. The second-order valence-electron chi connectivity index (χ2n) is 4.68. The molecule has 0 unspecified atom stereocenters. The van der Waals surface area contributed by atoms with Gasteiger partial charge < -0.3 is 15.2 Å². The van der Waals surface area contributed by atoms with Crippen LogP contribution < -0.4 is 5.73 Å². The molecule has 0 spiro atoms. The van der Waals surface area contributed by atoms with Gasteiger partial charge in [-0.05, 0) is 37.1 Å². The van der Waals surface area contributed by atoms with Crippen LogP contribution in [-0.4, -0.2) is 20.0 Å². The summed E-state index contributed by atoms with van der Waals surface area (Å²) < 4.78 is 10.4. The summed E-state index contributed by atoms with van der Waals surface area (Å²) in [7, 11) is 3.14. The molecule has 0 aliphatic carbocycles. The molecule has 1 aromatic carbocycles. The van der Waals surface area contributed by atoms with E-state index < -0.39 is 0 Å². The largest absolute Gasteiger partial charge is 0.493 e. The molecule has 118 valence electrons. The molecule has 0 saturated heterocycles.